The minimum Gasteiger partial charge on any atom is -0.494 e. The third kappa shape index (κ3) is 4.42. The minimum atomic E-state index is 0.118. The molecular formula is C16H14BrN3O3S. The Morgan fingerprint density at radius 3 is 2.75 bits per heavy atom. The summed E-state index contributed by atoms with van der Waals surface area (Å²) in [4.78, 5) is 6.09. The van der Waals surface area contributed by atoms with Gasteiger partial charge in [-0.3, -0.25) is 0 Å². The average Bonchev–Trinajstić information content (AvgIpc) is 3.22. The molecule has 3 rings (SSSR count). The topological polar surface area (TPSA) is 69.7 Å². The van der Waals surface area contributed by atoms with Crippen molar-refractivity contribution in [2.24, 2.45) is 5.16 Å². The predicted octanol–water partition coefficient (Wildman–Crippen LogP) is 4.51. The standard InChI is InChI=1S/C16H14BrN3O3S/c1-2-21-12-5-3-11(4-6-12)9-18-22-10-15-19-20-16(23-15)13-7-8-14(17)24-13/h3-9H,2,10H2,1H3/b18-9-. The van der Waals surface area contributed by atoms with E-state index in [1.54, 1.807) is 6.21 Å². The molecule has 3 aromatic rings. The Bertz CT molecular complexity index is 814. The van der Waals surface area contributed by atoms with E-state index >= 15 is 0 Å². The molecule has 8 heteroatoms. The van der Waals surface area contributed by atoms with E-state index in [9.17, 15) is 0 Å². The maximum atomic E-state index is 5.53. The van der Waals surface area contributed by atoms with Gasteiger partial charge < -0.3 is 14.0 Å². The molecule has 0 bridgehead atoms. The van der Waals surface area contributed by atoms with Gasteiger partial charge >= 0.3 is 0 Å². The van der Waals surface area contributed by atoms with Crippen LogP contribution in [0.3, 0.4) is 0 Å². The fourth-order valence-corrected chi connectivity index (χ4v) is 3.16. The zero-order chi connectivity index (χ0) is 16.8. The molecule has 0 unspecified atom stereocenters. The van der Waals surface area contributed by atoms with Crippen molar-refractivity contribution in [1.29, 1.82) is 0 Å². The maximum Gasteiger partial charge on any atom is 0.257 e. The van der Waals surface area contributed by atoms with Crippen LogP contribution in [0.15, 0.2) is 49.8 Å². The molecule has 0 saturated heterocycles. The normalized spacial score (nSPS) is 11.1. The highest BCUT2D eigenvalue weighted by atomic mass is 79.9. The molecule has 0 N–H and O–H groups in total. The highest BCUT2D eigenvalue weighted by Crippen LogP contribution is 2.30. The van der Waals surface area contributed by atoms with Crippen LogP contribution in [0.5, 0.6) is 5.75 Å². The second kappa shape index (κ2) is 8.07. The van der Waals surface area contributed by atoms with Crippen LogP contribution in [0.1, 0.15) is 18.4 Å². The van der Waals surface area contributed by atoms with Gasteiger partial charge in [0.1, 0.15) is 5.75 Å². The predicted molar refractivity (Wildman–Crippen MR) is 95.3 cm³/mol. The number of thiophene rings is 1. The summed E-state index contributed by atoms with van der Waals surface area (Å²) < 4.78 is 11.9. The molecule has 0 radical (unpaired) electrons. The van der Waals surface area contributed by atoms with Crippen LogP contribution in [-0.2, 0) is 11.4 Å². The zero-order valence-corrected chi connectivity index (χ0v) is 15.2. The summed E-state index contributed by atoms with van der Waals surface area (Å²) in [6.45, 7) is 2.71. The third-order valence-electron chi connectivity index (χ3n) is 2.91. The Labute approximate surface area is 151 Å². The van der Waals surface area contributed by atoms with Gasteiger partial charge in [0.2, 0.25) is 0 Å². The van der Waals surface area contributed by atoms with Gasteiger partial charge in [0, 0.05) is 0 Å². The molecule has 6 nitrogen and oxygen atoms in total. The molecule has 1 aromatic carbocycles. The van der Waals surface area contributed by atoms with Gasteiger partial charge in [-0.15, -0.1) is 21.5 Å². The Kier molecular flexibility index (Phi) is 5.60. The number of nitrogens with zero attached hydrogens (tertiary/aromatic N) is 3. The van der Waals surface area contributed by atoms with Crippen LogP contribution in [0.2, 0.25) is 0 Å². The van der Waals surface area contributed by atoms with Crippen molar-refractivity contribution >= 4 is 33.5 Å². The minimum absolute atomic E-state index is 0.118. The number of hydrogen-bond acceptors (Lipinski definition) is 7. The van der Waals surface area contributed by atoms with Crippen molar-refractivity contribution < 1.29 is 14.0 Å². The molecule has 0 saturated carbocycles. The quantitative estimate of drug-likeness (QED) is 0.425. The van der Waals surface area contributed by atoms with Crippen molar-refractivity contribution in [3.63, 3.8) is 0 Å². The Morgan fingerprint density at radius 2 is 2.04 bits per heavy atom. The van der Waals surface area contributed by atoms with Gasteiger partial charge in [-0.05, 0) is 64.8 Å². The van der Waals surface area contributed by atoms with E-state index in [1.807, 2.05) is 43.3 Å². The third-order valence-corrected chi connectivity index (χ3v) is 4.52. The summed E-state index contributed by atoms with van der Waals surface area (Å²) in [5, 5.41) is 11.8. The lowest BCUT2D eigenvalue weighted by Gasteiger charge is -2.01. The number of hydrogen-bond donors (Lipinski definition) is 0. The monoisotopic (exact) mass is 407 g/mol. The molecule has 0 aliphatic rings. The highest BCUT2D eigenvalue weighted by molar-refractivity contribution is 9.11. The van der Waals surface area contributed by atoms with Crippen LogP contribution < -0.4 is 4.74 Å². The lowest BCUT2D eigenvalue weighted by atomic mass is 10.2. The first-order valence-corrected chi connectivity index (χ1v) is 8.82. The van der Waals surface area contributed by atoms with Gasteiger partial charge in [0.25, 0.3) is 11.8 Å². The Balaban J connectivity index is 1.52. The molecular weight excluding hydrogens is 394 g/mol. The van der Waals surface area contributed by atoms with Crippen LogP contribution >= 0.6 is 27.3 Å². The lowest BCUT2D eigenvalue weighted by molar-refractivity contribution is 0.112. The Hall–Kier alpha value is -2.19. The molecule has 0 fully saturated rings. The van der Waals surface area contributed by atoms with Crippen molar-refractivity contribution in [3.8, 4) is 16.5 Å². The van der Waals surface area contributed by atoms with Gasteiger partial charge in [0.15, 0.2) is 6.61 Å². The molecule has 0 aliphatic carbocycles. The van der Waals surface area contributed by atoms with E-state index in [4.69, 9.17) is 14.0 Å². The van der Waals surface area contributed by atoms with E-state index in [-0.39, 0.29) is 6.61 Å². The molecule has 0 atom stereocenters. The van der Waals surface area contributed by atoms with Crippen molar-refractivity contribution in [2.45, 2.75) is 13.5 Å². The van der Waals surface area contributed by atoms with Crippen molar-refractivity contribution in [2.75, 3.05) is 6.61 Å². The number of ether oxygens (including phenoxy) is 1. The first kappa shape index (κ1) is 16.7. The first-order valence-electron chi connectivity index (χ1n) is 7.21. The van der Waals surface area contributed by atoms with E-state index in [0.717, 1.165) is 20.0 Å². The summed E-state index contributed by atoms with van der Waals surface area (Å²) in [6, 6.07) is 11.4. The number of halogens is 1. The van der Waals surface area contributed by atoms with Crippen molar-refractivity contribution in [3.05, 3.63) is 51.6 Å². The molecule has 2 aromatic heterocycles. The van der Waals surface area contributed by atoms with E-state index < -0.39 is 0 Å². The SMILES string of the molecule is CCOc1ccc(/C=N\OCc2nnc(-c3ccc(Br)s3)o2)cc1. The lowest BCUT2D eigenvalue weighted by Crippen LogP contribution is -1.92. The fourth-order valence-electron chi connectivity index (χ4n) is 1.85. The second-order valence-electron chi connectivity index (χ2n) is 4.61. The van der Waals surface area contributed by atoms with Gasteiger partial charge in [-0.2, -0.15) is 0 Å². The van der Waals surface area contributed by atoms with Crippen LogP contribution in [0.4, 0.5) is 0 Å². The second-order valence-corrected chi connectivity index (χ2v) is 7.08. The number of rotatable bonds is 7. The summed E-state index contributed by atoms with van der Waals surface area (Å²) in [5.74, 6) is 1.67. The van der Waals surface area contributed by atoms with E-state index in [1.165, 1.54) is 11.3 Å². The summed E-state index contributed by atoms with van der Waals surface area (Å²) >= 11 is 4.92. The van der Waals surface area contributed by atoms with Crippen molar-refractivity contribution in [1.82, 2.24) is 10.2 Å². The van der Waals surface area contributed by atoms with Gasteiger partial charge in [0.05, 0.1) is 21.5 Å². The van der Waals surface area contributed by atoms with E-state index in [0.29, 0.717) is 18.4 Å². The molecule has 0 spiro atoms. The molecule has 2 heterocycles. The summed E-state index contributed by atoms with van der Waals surface area (Å²) in [5.41, 5.74) is 0.910. The first-order chi connectivity index (χ1) is 11.7. The molecule has 124 valence electrons. The maximum absolute atomic E-state index is 5.53. The zero-order valence-electron chi connectivity index (χ0n) is 12.8. The van der Waals surface area contributed by atoms with E-state index in [2.05, 4.69) is 31.3 Å². The number of aromatic nitrogens is 2. The molecule has 0 aliphatic heterocycles. The number of benzene rings is 1. The summed E-state index contributed by atoms with van der Waals surface area (Å²) in [7, 11) is 0. The smallest absolute Gasteiger partial charge is 0.257 e. The largest absolute Gasteiger partial charge is 0.494 e. The molecule has 24 heavy (non-hydrogen) atoms. The Morgan fingerprint density at radius 1 is 1.21 bits per heavy atom. The van der Waals surface area contributed by atoms with Crippen LogP contribution in [0.25, 0.3) is 10.8 Å². The summed E-state index contributed by atoms with van der Waals surface area (Å²) in [6.07, 6.45) is 1.61. The average molecular weight is 408 g/mol. The van der Waals surface area contributed by atoms with Crippen LogP contribution in [-0.4, -0.2) is 23.0 Å². The fraction of sp³-hybridized carbons (Fsp3) is 0.188. The van der Waals surface area contributed by atoms with Gasteiger partial charge in [-0.25, -0.2) is 0 Å². The van der Waals surface area contributed by atoms with Crippen LogP contribution in [0, 0.1) is 0 Å². The van der Waals surface area contributed by atoms with Gasteiger partial charge in [-0.1, -0.05) is 5.16 Å². The highest BCUT2D eigenvalue weighted by Gasteiger charge is 2.10. The molecule has 0 amide bonds. The number of oxime groups is 1.